The smallest absolute Gasteiger partial charge is 0.223 e. The lowest BCUT2D eigenvalue weighted by Crippen LogP contribution is -2.03. The third-order valence-electron chi connectivity index (χ3n) is 1.78. The van der Waals surface area contributed by atoms with Crippen molar-refractivity contribution >= 4 is 5.95 Å². The van der Waals surface area contributed by atoms with E-state index in [1.807, 2.05) is 0 Å². The molecule has 2 aromatic heterocycles. The van der Waals surface area contributed by atoms with Crippen LogP contribution >= 0.6 is 0 Å². The van der Waals surface area contributed by atoms with Crippen LogP contribution in [0.15, 0.2) is 29.2 Å². The molecule has 0 amide bonds. The monoisotopic (exact) mass is 206 g/mol. The van der Waals surface area contributed by atoms with E-state index in [0.29, 0.717) is 18.2 Å². The van der Waals surface area contributed by atoms with Gasteiger partial charge < -0.3 is 14.6 Å². The van der Waals surface area contributed by atoms with Crippen molar-refractivity contribution in [3.8, 4) is 5.75 Å². The third kappa shape index (κ3) is 2.43. The van der Waals surface area contributed by atoms with Crippen LogP contribution in [-0.4, -0.2) is 22.2 Å². The molecule has 0 aliphatic carbocycles. The number of nitrogens with one attached hydrogen (secondary N) is 1. The lowest BCUT2D eigenvalue weighted by atomic mass is 10.4. The van der Waals surface area contributed by atoms with Crippen LogP contribution in [0.25, 0.3) is 0 Å². The number of hydrogen-bond donors (Lipinski definition) is 1. The molecule has 0 unspecified atom stereocenters. The van der Waals surface area contributed by atoms with Crippen LogP contribution in [0.5, 0.6) is 5.75 Å². The molecule has 2 rings (SSSR count). The van der Waals surface area contributed by atoms with Crippen LogP contribution in [0.3, 0.4) is 0 Å². The first kappa shape index (κ1) is 9.45. The van der Waals surface area contributed by atoms with Crippen LogP contribution < -0.4 is 10.1 Å². The quantitative estimate of drug-likeness (QED) is 0.807. The molecule has 0 fully saturated rings. The summed E-state index contributed by atoms with van der Waals surface area (Å²) < 4.78 is 9.63. The summed E-state index contributed by atoms with van der Waals surface area (Å²) in [6.45, 7) is 0.531. The molecule has 0 bridgehead atoms. The average Bonchev–Trinajstić information content (AvgIpc) is 2.80. The lowest BCUT2D eigenvalue weighted by Gasteiger charge is -2.02. The average molecular weight is 206 g/mol. The van der Waals surface area contributed by atoms with Gasteiger partial charge in [0.25, 0.3) is 0 Å². The molecule has 0 aliphatic heterocycles. The van der Waals surface area contributed by atoms with E-state index in [4.69, 9.17) is 4.74 Å². The first-order valence-corrected chi connectivity index (χ1v) is 4.37. The fourth-order valence-corrected chi connectivity index (χ4v) is 1.01. The number of rotatable bonds is 4. The molecule has 6 heteroatoms. The van der Waals surface area contributed by atoms with Gasteiger partial charge in [-0.05, 0) is 0 Å². The highest BCUT2D eigenvalue weighted by molar-refractivity contribution is 5.27. The van der Waals surface area contributed by atoms with E-state index in [9.17, 15) is 0 Å². The van der Waals surface area contributed by atoms with Crippen molar-refractivity contribution in [2.45, 2.75) is 6.54 Å². The zero-order valence-corrected chi connectivity index (χ0v) is 8.17. The second-order valence-electron chi connectivity index (χ2n) is 2.79. The second kappa shape index (κ2) is 4.41. The van der Waals surface area contributed by atoms with Crippen molar-refractivity contribution in [3.63, 3.8) is 0 Å². The van der Waals surface area contributed by atoms with Crippen molar-refractivity contribution in [2.24, 2.45) is 0 Å². The molecule has 0 spiro atoms. The summed E-state index contributed by atoms with van der Waals surface area (Å²) in [5.74, 6) is 1.15. The number of anilines is 1. The number of hydrogen-bond acceptors (Lipinski definition) is 6. The Balaban J connectivity index is 1.93. The first-order chi connectivity index (χ1) is 7.38. The maximum atomic E-state index is 4.94. The first-order valence-electron chi connectivity index (χ1n) is 4.37. The molecule has 1 N–H and O–H groups in total. The van der Waals surface area contributed by atoms with E-state index in [0.717, 1.165) is 5.69 Å². The fourth-order valence-electron chi connectivity index (χ4n) is 1.01. The standard InChI is InChI=1S/C9H10N4O2/c1-14-8-5-11-9(12-6-8)10-4-7-2-3-15-13-7/h2-3,5-6H,4H2,1H3,(H,10,11,12). The van der Waals surface area contributed by atoms with Gasteiger partial charge >= 0.3 is 0 Å². The molecule has 2 aromatic rings. The highest BCUT2D eigenvalue weighted by Crippen LogP contribution is 2.07. The normalized spacial score (nSPS) is 9.93. The van der Waals surface area contributed by atoms with Gasteiger partial charge in [-0.15, -0.1) is 0 Å². The van der Waals surface area contributed by atoms with E-state index in [2.05, 4.69) is 25.0 Å². The Morgan fingerprint density at radius 3 is 2.80 bits per heavy atom. The number of aromatic nitrogens is 3. The molecule has 0 saturated carbocycles. The predicted molar refractivity (Wildman–Crippen MR) is 52.4 cm³/mol. The highest BCUT2D eigenvalue weighted by Gasteiger charge is 1.99. The molecule has 2 heterocycles. The Kier molecular flexibility index (Phi) is 2.77. The van der Waals surface area contributed by atoms with E-state index in [1.165, 1.54) is 6.26 Å². The van der Waals surface area contributed by atoms with E-state index in [1.54, 1.807) is 25.6 Å². The zero-order valence-electron chi connectivity index (χ0n) is 8.17. The third-order valence-corrected chi connectivity index (χ3v) is 1.78. The van der Waals surface area contributed by atoms with Gasteiger partial charge in [-0.1, -0.05) is 5.16 Å². The minimum Gasteiger partial charge on any atom is -0.494 e. The Morgan fingerprint density at radius 1 is 1.40 bits per heavy atom. The summed E-state index contributed by atoms with van der Waals surface area (Å²) in [4.78, 5) is 8.09. The fraction of sp³-hybridized carbons (Fsp3) is 0.222. The van der Waals surface area contributed by atoms with Crippen molar-refractivity contribution in [1.29, 1.82) is 0 Å². The summed E-state index contributed by atoms with van der Waals surface area (Å²) in [5, 5.41) is 6.75. The van der Waals surface area contributed by atoms with Gasteiger partial charge in [-0.3, -0.25) is 0 Å². The maximum absolute atomic E-state index is 4.94. The number of nitrogens with zero attached hydrogens (tertiary/aromatic N) is 3. The highest BCUT2D eigenvalue weighted by atomic mass is 16.5. The number of ether oxygens (including phenoxy) is 1. The summed E-state index contributed by atoms with van der Waals surface area (Å²) in [6.07, 6.45) is 4.71. The molecule has 0 atom stereocenters. The predicted octanol–water partition coefficient (Wildman–Crippen LogP) is 1.09. The summed E-state index contributed by atoms with van der Waals surface area (Å²) in [5.41, 5.74) is 0.800. The molecular formula is C9H10N4O2. The minimum atomic E-state index is 0.527. The molecule has 6 nitrogen and oxygen atoms in total. The molecule has 15 heavy (non-hydrogen) atoms. The van der Waals surface area contributed by atoms with Gasteiger partial charge in [-0.25, -0.2) is 9.97 Å². The Hall–Kier alpha value is -2.11. The van der Waals surface area contributed by atoms with Gasteiger partial charge in [0.15, 0.2) is 5.75 Å². The Morgan fingerprint density at radius 2 is 2.20 bits per heavy atom. The second-order valence-corrected chi connectivity index (χ2v) is 2.79. The van der Waals surface area contributed by atoms with Crippen LogP contribution in [0.1, 0.15) is 5.69 Å². The van der Waals surface area contributed by atoms with E-state index < -0.39 is 0 Å². The Labute approximate surface area is 86.3 Å². The van der Waals surface area contributed by atoms with Gasteiger partial charge in [0.1, 0.15) is 12.0 Å². The van der Waals surface area contributed by atoms with Gasteiger partial charge in [-0.2, -0.15) is 0 Å². The minimum absolute atomic E-state index is 0.527. The molecule has 0 aliphatic rings. The van der Waals surface area contributed by atoms with E-state index >= 15 is 0 Å². The SMILES string of the molecule is COc1cnc(NCc2ccon2)nc1. The Bertz CT molecular complexity index is 399. The van der Waals surface area contributed by atoms with Crippen molar-refractivity contribution in [3.05, 3.63) is 30.4 Å². The van der Waals surface area contributed by atoms with Crippen molar-refractivity contribution < 1.29 is 9.26 Å². The lowest BCUT2D eigenvalue weighted by molar-refractivity contribution is 0.410. The van der Waals surface area contributed by atoms with Gasteiger partial charge in [0.05, 0.1) is 26.0 Å². The maximum Gasteiger partial charge on any atom is 0.223 e. The zero-order chi connectivity index (χ0) is 10.5. The topological polar surface area (TPSA) is 73.1 Å². The summed E-state index contributed by atoms with van der Waals surface area (Å²) >= 11 is 0. The van der Waals surface area contributed by atoms with E-state index in [-0.39, 0.29) is 0 Å². The van der Waals surface area contributed by atoms with Crippen molar-refractivity contribution in [1.82, 2.24) is 15.1 Å². The summed E-state index contributed by atoms with van der Waals surface area (Å²) in [7, 11) is 1.57. The number of methoxy groups -OCH3 is 1. The van der Waals surface area contributed by atoms with Crippen LogP contribution in [0, 0.1) is 0 Å². The van der Waals surface area contributed by atoms with Crippen LogP contribution in [0.2, 0.25) is 0 Å². The largest absolute Gasteiger partial charge is 0.494 e. The van der Waals surface area contributed by atoms with Crippen molar-refractivity contribution in [2.75, 3.05) is 12.4 Å². The molecular weight excluding hydrogens is 196 g/mol. The molecule has 0 aromatic carbocycles. The van der Waals surface area contributed by atoms with Gasteiger partial charge in [0, 0.05) is 6.07 Å². The summed E-state index contributed by atoms with van der Waals surface area (Å²) in [6, 6.07) is 1.77. The van der Waals surface area contributed by atoms with Crippen LogP contribution in [0.4, 0.5) is 5.95 Å². The molecule has 78 valence electrons. The van der Waals surface area contributed by atoms with Crippen LogP contribution in [-0.2, 0) is 6.54 Å². The molecule has 0 radical (unpaired) electrons. The molecule has 0 saturated heterocycles. The van der Waals surface area contributed by atoms with Gasteiger partial charge in [0.2, 0.25) is 5.95 Å².